The molecule has 1 aromatic heterocycles. The van der Waals surface area contributed by atoms with Crippen molar-refractivity contribution in [3.05, 3.63) is 53.6 Å². The molecule has 3 N–H and O–H groups in total. The Bertz CT molecular complexity index is 1540. The van der Waals surface area contributed by atoms with Gasteiger partial charge in [0.1, 0.15) is 18.0 Å². The van der Waals surface area contributed by atoms with Crippen molar-refractivity contribution in [2.75, 3.05) is 46.5 Å². The molecular weight excluding hydrogens is 584 g/mol. The van der Waals surface area contributed by atoms with Crippen LogP contribution < -0.4 is 15.8 Å². The van der Waals surface area contributed by atoms with E-state index in [-0.39, 0.29) is 43.9 Å². The van der Waals surface area contributed by atoms with Gasteiger partial charge in [-0.05, 0) is 35.7 Å². The number of para-hydroxylation sites is 1. The molecule has 2 fully saturated rings. The first-order valence-corrected chi connectivity index (χ1v) is 15.4. The largest absolute Gasteiger partial charge is 0.414 e. The smallest absolute Gasteiger partial charge is 0.410 e. The minimum atomic E-state index is -0.808. The Morgan fingerprint density at radius 1 is 1.14 bits per heavy atom. The number of benzene rings is 2. The number of hydrogen-bond donors (Lipinski definition) is 2. The van der Waals surface area contributed by atoms with E-state index in [1.54, 1.807) is 60.2 Å². The number of unbranched alkanes of at least 4 members (excludes halogenated alkanes) is 1. The van der Waals surface area contributed by atoms with E-state index in [1.165, 1.54) is 21.2 Å². The van der Waals surface area contributed by atoms with Crippen LogP contribution in [-0.2, 0) is 22.6 Å². The highest BCUT2D eigenvalue weighted by atomic mass is 32.1. The minimum Gasteiger partial charge on any atom is -0.410 e. The van der Waals surface area contributed by atoms with E-state index in [1.807, 2.05) is 25.1 Å². The number of hydrazine groups is 1. The Hall–Kier alpha value is -4.43. The van der Waals surface area contributed by atoms with Crippen molar-refractivity contribution in [3.63, 3.8) is 0 Å². The first kappa shape index (κ1) is 31.0. The van der Waals surface area contributed by atoms with E-state index in [0.29, 0.717) is 17.4 Å². The number of anilines is 1. The fourth-order valence-electron chi connectivity index (χ4n) is 5.52. The Balaban J connectivity index is 1.43. The van der Waals surface area contributed by atoms with Crippen molar-refractivity contribution in [1.29, 1.82) is 0 Å². The molecule has 14 heteroatoms. The predicted molar refractivity (Wildman–Crippen MR) is 167 cm³/mol. The van der Waals surface area contributed by atoms with Crippen molar-refractivity contribution in [2.45, 2.75) is 44.9 Å². The number of piperazine rings is 1. The van der Waals surface area contributed by atoms with Crippen LogP contribution >= 0.6 is 11.3 Å². The second-order valence-electron chi connectivity index (χ2n) is 11.1. The van der Waals surface area contributed by atoms with Gasteiger partial charge in [-0.25, -0.2) is 14.6 Å². The van der Waals surface area contributed by atoms with Crippen LogP contribution in [0.3, 0.4) is 0 Å². The van der Waals surface area contributed by atoms with E-state index >= 15 is 0 Å². The molecule has 0 aliphatic carbocycles. The van der Waals surface area contributed by atoms with Crippen LogP contribution in [0, 0.1) is 0 Å². The number of rotatable bonds is 9. The normalized spacial score (nSPS) is 18.5. The van der Waals surface area contributed by atoms with Gasteiger partial charge in [0, 0.05) is 40.7 Å². The highest BCUT2D eigenvalue weighted by Crippen LogP contribution is 2.32. The fraction of sp³-hybridized carbons (Fsp3) is 0.433. The van der Waals surface area contributed by atoms with E-state index in [0.717, 1.165) is 34.2 Å². The topological polar surface area (TPSA) is 145 Å². The summed E-state index contributed by atoms with van der Waals surface area (Å²) in [7, 11) is 4.83. The first-order valence-electron chi connectivity index (χ1n) is 14.6. The minimum absolute atomic E-state index is 0.0301. The molecule has 5 rings (SSSR count). The summed E-state index contributed by atoms with van der Waals surface area (Å²) >= 11 is 1.39. The van der Waals surface area contributed by atoms with Crippen molar-refractivity contribution in [2.24, 2.45) is 0 Å². The zero-order chi connectivity index (χ0) is 31.5. The van der Waals surface area contributed by atoms with E-state index in [9.17, 15) is 19.2 Å². The number of aromatic nitrogens is 1. The summed E-state index contributed by atoms with van der Waals surface area (Å²) in [6.45, 7) is 3.03. The number of nitrogen functional groups attached to an aromatic ring is 1. The van der Waals surface area contributed by atoms with Crippen LogP contribution in [0.4, 0.5) is 14.7 Å². The monoisotopic (exact) mass is 622 g/mol. The third kappa shape index (κ3) is 6.40. The maximum atomic E-state index is 14.1. The molecule has 2 saturated heterocycles. The number of thiazole rings is 1. The van der Waals surface area contributed by atoms with Gasteiger partial charge in [0.05, 0.1) is 23.3 Å². The molecule has 234 valence electrons. The van der Waals surface area contributed by atoms with Gasteiger partial charge in [-0.3, -0.25) is 14.6 Å². The number of nitrogens with one attached hydrogen (secondary N) is 1. The average Bonchev–Trinajstić information content (AvgIpc) is 3.54. The molecule has 3 aromatic rings. The summed E-state index contributed by atoms with van der Waals surface area (Å²) in [4.78, 5) is 61.8. The Morgan fingerprint density at radius 3 is 2.59 bits per heavy atom. The number of fused-ring (bicyclic) bond motifs is 2. The molecule has 2 atom stereocenters. The van der Waals surface area contributed by atoms with Gasteiger partial charge >= 0.3 is 12.1 Å². The molecule has 44 heavy (non-hydrogen) atoms. The molecule has 2 aliphatic heterocycles. The molecule has 3 heterocycles. The molecular formula is C30H38N8O5S. The zero-order valence-electron chi connectivity index (χ0n) is 25.4. The van der Waals surface area contributed by atoms with Crippen LogP contribution in [0.15, 0.2) is 42.5 Å². The van der Waals surface area contributed by atoms with Crippen LogP contribution in [0.2, 0.25) is 0 Å². The number of carbonyl (C=O) groups excluding carboxylic acids is 4. The fourth-order valence-corrected chi connectivity index (χ4v) is 6.30. The van der Waals surface area contributed by atoms with Gasteiger partial charge in [-0.2, -0.15) is 5.01 Å². The first-order chi connectivity index (χ1) is 21.1. The second kappa shape index (κ2) is 13.1. The van der Waals surface area contributed by atoms with Gasteiger partial charge in [0.2, 0.25) is 11.8 Å². The third-order valence-electron chi connectivity index (χ3n) is 7.86. The summed E-state index contributed by atoms with van der Waals surface area (Å²) in [5.74, 6) is -0.0568. The summed E-state index contributed by atoms with van der Waals surface area (Å²) in [6, 6.07) is 11.6. The molecule has 2 aliphatic rings. The molecule has 0 saturated carbocycles. The molecule has 0 bridgehead atoms. The Morgan fingerprint density at radius 2 is 1.89 bits per heavy atom. The summed E-state index contributed by atoms with van der Waals surface area (Å²) in [5, 5.41) is 6.52. The van der Waals surface area contributed by atoms with E-state index in [4.69, 9.17) is 10.5 Å². The summed E-state index contributed by atoms with van der Waals surface area (Å²) in [5.41, 5.74) is 8.38. The lowest BCUT2D eigenvalue weighted by Gasteiger charge is -2.45. The number of urea groups is 1. The van der Waals surface area contributed by atoms with Gasteiger partial charge in [0.25, 0.3) is 0 Å². The number of ether oxygens (including phenoxy) is 1. The lowest BCUT2D eigenvalue weighted by atomic mass is 9.99. The molecule has 0 radical (unpaired) electrons. The number of hydrogen-bond acceptors (Lipinski definition) is 9. The Labute approximate surface area is 260 Å². The highest BCUT2D eigenvalue weighted by Gasteiger charge is 2.51. The molecule has 2 aromatic carbocycles. The Kier molecular flexibility index (Phi) is 9.20. The average molecular weight is 623 g/mol. The lowest BCUT2D eigenvalue weighted by Crippen LogP contribution is -2.65. The van der Waals surface area contributed by atoms with Crippen molar-refractivity contribution >= 4 is 50.6 Å². The van der Waals surface area contributed by atoms with Crippen LogP contribution in [0.1, 0.15) is 30.9 Å². The summed E-state index contributed by atoms with van der Waals surface area (Å²) < 4.78 is 6.26. The maximum absolute atomic E-state index is 14.1. The van der Waals surface area contributed by atoms with Gasteiger partial charge in [0.15, 0.2) is 5.13 Å². The van der Waals surface area contributed by atoms with Crippen LogP contribution in [0.25, 0.3) is 10.2 Å². The SMILES string of the molecule is CCCCNC(=O)N(C)N1CC(=O)N2[C@@H](Cc3ccc(OC(=O)N(C)C)cc3)C(=O)N(Cc3cccc4sc(N)nc34)C[C@@H]21. The van der Waals surface area contributed by atoms with Gasteiger partial charge in [-0.1, -0.05) is 48.9 Å². The summed E-state index contributed by atoms with van der Waals surface area (Å²) in [6.07, 6.45) is 0.984. The number of amides is 5. The van der Waals surface area contributed by atoms with Crippen molar-refractivity contribution in [3.8, 4) is 5.75 Å². The lowest BCUT2D eigenvalue weighted by molar-refractivity contribution is -0.157. The molecule has 5 amide bonds. The number of nitrogens with zero attached hydrogens (tertiary/aromatic N) is 6. The van der Waals surface area contributed by atoms with Crippen molar-refractivity contribution in [1.82, 2.24) is 35.0 Å². The van der Waals surface area contributed by atoms with Crippen LogP contribution in [0.5, 0.6) is 5.75 Å². The van der Waals surface area contributed by atoms with Gasteiger partial charge < -0.3 is 30.5 Å². The third-order valence-corrected chi connectivity index (χ3v) is 8.71. The standard InChI is InChI=1S/C30H38N8O5S/c1-5-6-14-32-29(41)35(4)37-18-25(39)38-22(15-19-10-12-21(13-11-19)43-30(42)34(2)3)27(40)36(17-24(37)38)16-20-8-7-9-23-26(20)33-28(31)44-23/h7-13,22,24H,5-6,14-18H2,1-4H3,(H2,31,33)(H,32,41)/t22-,24+/m0/s1. The molecule has 0 spiro atoms. The quantitative estimate of drug-likeness (QED) is 0.347. The van der Waals surface area contributed by atoms with E-state index < -0.39 is 18.3 Å². The molecule has 13 nitrogen and oxygen atoms in total. The highest BCUT2D eigenvalue weighted by molar-refractivity contribution is 7.22. The number of nitrogens with two attached hydrogens (primary N) is 1. The van der Waals surface area contributed by atoms with Gasteiger partial charge in [-0.15, -0.1) is 0 Å². The predicted octanol–water partition coefficient (Wildman–Crippen LogP) is 2.72. The maximum Gasteiger partial charge on any atom is 0.414 e. The van der Waals surface area contributed by atoms with Crippen LogP contribution in [-0.4, -0.2) is 107 Å². The van der Waals surface area contributed by atoms with E-state index in [2.05, 4.69) is 10.3 Å². The molecule has 0 unspecified atom stereocenters. The second-order valence-corrected chi connectivity index (χ2v) is 12.2. The number of carbonyl (C=O) groups is 4. The zero-order valence-corrected chi connectivity index (χ0v) is 26.2. The van der Waals surface area contributed by atoms with Crippen molar-refractivity contribution < 1.29 is 23.9 Å².